The van der Waals surface area contributed by atoms with Gasteiger partial charge in [0.2, 0.25) is 70.9 Å². The zero-order valence-electron chi connectivity index (χ0n) is 63.1. The number of aromatic hydroxyl groups is 1. The van der Waals surface area contributed by atoms with Gasteiger partial charge in [-0.3, -0.25) is 73.1 Å². The Balaban J connectivity index is 1.26. The van der Waals surface area contributed by atoms with Gasteiger partial charge in [-0.25, -0.2) is 4.98 Å². The highest BCUT2D eigenvalue weighted by molar-refractivity contribution is 6.00. The van der Waals surface area contributed by atoms with Crippen molar-refractivity contribution in [2.75, 3.05) is 26.2 Å². The van der Waals surface area contributed by atoms with E-state index in [9.17, 15) is 63.0 Å². The van der Waals surface area contributed by atoms with Crippen molar-refractivity contribution in [3.63, 3.8) is 0 Å². The number of nitrogens with zero attached hydrogens (tertiary/aromatic N) is 1. The SMILES string of the molecule is CCCC[C@H](NC(=O)[C@@H](NC(=O)[C@@H](N)Cc1ccc(O)cc1)C(C)C)C(=O)NCC(=O)N[C@@H](Cc1cnc[nH]1)C(=O)N[C@H](Cc1ccc2ccccc2c1)C(=O)N[C@@H](CCCNC(=N)N)C(=O)N[C@H](Cc1ccccc1)C(=O)N[C@@H](CC(=O)O)C(=O)N[C@@H](CCCNC(=N)N)C(=O)N[C@@H](Cc1ccccc1)C(=O)NCC(N)=O. The molecule has 0 spiro atoms. The van der Waals surface area contributed by atoms with E-state index in [0.29, 0.717) is 40.8 Å². The molecule has 0 unspecified atom stereocenters. The molecule has 0 fully saturated rings. The number of nitrogens with two attached hydrogens (primary N) is 4. The van der Waals surface area contributed by atoms with Crippen molar-refractivity contribution < 1.29 is 72.5 Å². The van der Waals surface area contributed by atoms with Crippen molar-refractivity contribution in [1.29, 1.82) is 10.8 Å². The number of imidazole rings is 1. The van der Waals surface area contributed by atoms with Gasteiger partial charge in [0.05, 0.1) is 31.9 Å². The largest absolute Gasteiger partial charge is 0.508 e. The van der Waals surface area contributed by atoms with Crippen molar-refractivity contribution in [3.05, 3.63) is 168 Å². The van der Waals surface area contributed by atoms with Gasteiger partial charge in [-0.2, -0.15) is 0 Å². The first-order valence-electron chi connectivity index (χ1n) is 36.9. The maximum absolute atomic E-state index is 15.3. The summed E-state index contributed by atoms with van der Waals surface area (Å²) in [7, 11) is 0. The number of aliphatic carboxylic acids is 1. The minimum Gasteiger partial charge on any atom is -0.508 e. The van der Waals surface area contributed by atoms with Crippen LogP contribution in [0.1, 0.15) is 100 Å². The van der Waals surface area contributed by atoms with Gasteiger partial charge in [-0.1, -0.05) is 149 Å². The topological polar surface area (TPSA) is 599 Å². The molecule has 6 aromatic rings. The van der Waals surface area contributed by atoms with Gasteiger partial charge in [0.1, 0.15) is 60.1 Å². The predicted octanol–water partition coefficient (Wildman–Crippen LogP) is -1.96. The molecule has 1 aromatic heterocycles. The fraction of sp³-hybridized carbons (Fsp3) is 0.403. The summed E-state index contributed by atoms with van der Waals surface area (Å²) in [6.45, 7) is 3.92. The zero-order valence-corrected chi connectivity index (χ0v) is 63.1. The molecule has 606 valence electrons. The molecule has 0 saturated carbocycles. The Morgan fingerprint density at radius 3 is 1.37 bits per heavy atom. The molecule has 36 heteroatoms. The van der Waals surface area contributed by atoms with Crippen LogP contribution in [0.2, 0.25) is 0 Å². The number of phenols is 1. The van der Waals surface area contributed by atoms with Crippen molar-refractivity contribution in [1.82, 2.24) is 79.1 Å². The van der Waals surface area contributed by atoms with Crippen LogP contribution in [0.15, 0.2) is 140 Å². The lowest BCUT2D eigenvalue weighted by atomic mass is 9.99. The number of rotatable bonds is 47. The summed E-state index contributed by atoms with van der Waals surface area (Å²) in [5.74, 6) is -13.8. The van der Waals surface area contributed by atoms with Crippen LogP contribution in [0.5, 0.6) is 5.75 Å². The van der Waals surface area contributed by atoms with Gasteiger partial charge in [0.25, 0.3) is 0 Å². The number of aromatic amines is 1. The van der Waals surface area contributed by atoms with Crippen molar-refractivity contribution in [2.45, 2.75) is 165 Å². The number of aromatic nitrogens is 2. The van der Waals surface area contributed by atoms with E-state index in [2.05, 4.69) is 79.1 Å². The molecule has 0 radical (unpaired) electrons. The number of hydrogen-bond acceptors (Lipinski definition) is 18. The molecule has 0 aliphatic heterocycles. The molecule has 113 heavy (non-hydrogen) atoms. The number of carbonyl (C=O) groups excluding carboxylic acids is 12. The second kappa shape index (κ2) is 45.8. The predicted molar refractivity (Wildman–Crippen MR) is 418 cm³/mol. The van der Waals surface area contributed by atoms with Crippen LogP contribution in [0.4, 0.5) is 0 Å². The van der Waals surface area contributed by atoms with Gasteiger partial charge in [-0.15, -0.1) is 0 Å². The van der Waals surface area contributed by atoms with Crippen LogP contribution in [-0.2, 0) is 94.4 Å². The smallest absolute Gasteiger partial charge is 0.305 e. The fourth-order valence-corrected chi connectivity index (χ4v) is 11.9. The number of guanidine groups is 2. The van der Waals surface area contributed by atoms with Gasteiger partial charge < -0.3 is 107 Å². The molecular weight excluding hydrogens is 1460 g/mol. The number of phenolic OH excluding ortho intramolecular Hbond substituents is 1. The lowest BCUT2D eigenvalue weighted by Crippen LogP contribution is -2.61. The Labute approximate surface area is 652 Å². The molecular formula is C77H103N21O15. The monoisotopic (exact) mass is 1560 g/mol. The fourth-order valence-electron chi connectivity index (χ4n) is 11.9. The first-order chi connectivity index (χ1) is 53.9. The first-order valence-corrected chi connectivity index (χ1v) is 36.9. The number of carboxylic acids is 1. The maximum Gasteiger partial charge on any atom is 0.305 e. The summed E-state index contributed by atoms with van der Waals surface area (Å²) in [5, 5.41) is 70.7. The molecule has 10 atom stereocenters. The third-order valence-corrected chi connectivity index (χ3v) is 17.9. The molecule has 36 nitrogen and oxygen atoms in total. The third-order valence-electron chi connectivity index (χ3n) is 17.9. The third kappa shape index (κ3) is 31.5. The van der Waals surface area contributed by atoms with Gasteiger partial charge in [-0.05, 0) is 89.6 Å². The second-order valence-corrected chi connectivity index (χ2v) is 27.4. The van der Waals surface area contributed by atoms with E-state index in [0.717, 1.165) is 10.8 Å². The number of benzene rings is 5. The van der Waals surface area contributed by atoms with E-state index in [4.69, 9.17) is 33.8 Å². The molecule has 5 aromatic carbocycles. The van der Waals surface area contributed by atoms with Crippen LogP contribution < -0.4 is 92.1 Å². The number of primary amides is 1. The minimum absolute atomic E-state index is 0.00523. The van der Waals surface area contributed by atoms with Crippen molar-refractivity contribution in [3.8, 4) is 5.75 Å². The molecule has 12 amide bonds. The summed E-state index contributed by atoms with van der Waals surface area (Å²) < 4.78 is 0. The summed E-state index contributed by atoms with van der Waals surface area (Å²) in [6.07, 6.45) is 1.61. The van der Waals surface area contributed by atoms with Crippen LogP contribution in [0.25, 0.3) is 10.8 Å². The summed E-state index contributed by atoms with van der Waals surface area (Å²) in [6, 6.07) is 20.7. The Morgan fingerprint density at radius 2 is 0.867 bits per heavy atom. The lowest BCUT2D eigenvalue weighted by molar-refractivity contribution is -0.141. The highest BCUT2D eigenvalue weighted by Gasteiger charge is 2.37. The van der Waals surface area contributed by atoms with Gasteiger partial charge in [0.15, 0.2) is 11.9 Å². The molecule has 0 bridgehead atoms. The molecule has 26 N–H and O–H groups in total. The van der Waals surface area contributed by atoms with Gasteiger partial charge >= 0.3 is 5.97 Å². The quantitative estimate of drug-likeness (QED) is 0.0112. The molecule has 0 aliphatic carbocycles. The average Bonchev–Trinajstić information content (AvgIpc) is 1.05. The Morgan fingerprint density at radius 1 is 0.442 bits per heavy atom. The van der Waals surface area contributed by atoms with E-state index < -0.39 is 175 Å². The number of unbranched alkanes of at least 4 members (excludes halogenated alkanes) is 1. The van der Waals surface area contributed by atoms with Crippen LogP contribution in [-0.4, -0.2) is 196 Å². The zero-order chi connectivity index (χ0) is 82.5. The highest BCUT2D eigenvalue weighted by atomic mass is 16.4. The Bertz CT molecular complexity index is 4230. The standard InChI is InChI=1S/C77H103N21O15/c1-4-5-22-54(93-75(113)65(44(2)3)98-66(104)53(78)34-47-26-29-52(99)30-27-47)67(105)88-42-63(101)90-60(38-51-40-84-43-89-51)73(111)96-59(37-48-25-28-49-20-12-13-21-50(49)33-48)71(109)91-56(24-15-32-86-77(82)83)70(108)95-58(36-46-18-10-7-11-19-46)72(110)97-61(39-64(102)103)74(112)92-55(23-14-31-85-76(80)81)69(107)94-57(68(106)87-41-62(79)100)35-45-16-8-6-9-17-45/h6-13,16-21,25-30,33,40,43-44,53-61,65,99H,4-5,14-15,22-24,31-32,34-39,41-42,78H2,1-3H3,(H2,79,100)(H,84,89)(H,87,106)(H,88,105)(H,90,101)(H,91,109)(H,92,112)(H,93,113)(H,94,107)(H,95,108)(H,96,111)(H,97,110)(H,98,104)(H,102,103)(H4,80,81,85)(H4,82,83,86)/t53-,54-,55-,56-,57-,58+,59+,60-,61-,65-/m0/s1. The van der Waals surface area contributed by atoms with Crippen LogP contribution >= 0.6 is 0 Å². The summed E-state index contributed by atoms with van der Waals surface area (Å²) in [5.41, 5.74) is 25.2. The van der Waals surface area contributed by atoms with E-state index in [1.54, 1.807) is 111 Å². The number of carboxylic acid groups (broad SMARTS) is 1. The molecule has 1 heterocycles. The molecule has 0 aliphatic rings. The van der Waals surface area contributed by atoms with E-state index in [1.165, 1.54) is 24.7 Å². The van der Waals surface area contributed by atoms with E-state index in [1.807, 2.05) is 25.1 Å². The number of hydrogen-bond donors (Lipinski definition) is 22. The average molecular weight is 1560 g/mol. The first kappa shape index (κ1) is 88.9. The van der Waals surface area contributed by atoms with Crippen LogP contribution in [0.3, 0.4) is 0 Å². The number of H-pyrrole nitrogens is 1. The maximum atomic E-state index is 15.3. The number of amides is 12. The Kier molecular flexibility index (Phi) is 36.1. The van der Waals surface area contributed by atoms with E-state index in [-0.39, 0.29) is 83.0 Å². The normalized spacial score (nSPS) is 13.6. The lowest BCUT2D eigenvalue weighted by Gasteiger charge is -2.28. The highest BCUT2D eigenvalue weighted by Crippen LogP contribution is 2.19. The number of fused-ring (bicyclic) bond motifs is 1. The van der Waals surface area contributed by atoms with Crippen molar-refractivity contribution in [2.24, 2.45) is 28.9 Å². The summed E-state index contributed by atoms with van der Waals surface area (Å²) in [4.78, 5) is 189. The minimum atomic E-state index is -1.97. The van der Waals surface area contributed by atoms with E-state index >= 15 is 9.59 Å². The number of carbonyl (C=O) groups is 13. The number of nitrogens with one attached hydrogen (secondary N) is 16. The van der Waals surface area contributed by atoms with Crippen molar-refractivity contribution >= 4 is 99.5 Å². The summed E-state index contributed by atoms with van der Waals surface area (Å²) >= 11 is 0. The van der Waals surface area contributed by atoms with Crippen LogP contribution in [0, 0.1) is 16.7 Å². The molecule has 0 saturated heterocycles. The van der Waals surface area contributed by atoms with Gasteiger partial charge in [0, 0.05) is 50.7 Å². The molecule has 6 rings (SSSR count). The second-order valence-electron chi connectivity index (χ2n) is 27.4. The Hall–Kier alpha value is -13.0.